The van der Waals surface area contributed by atoms with Crippen molar-refractivity contribution in [1.29, 1.82) is 0 Å². The van der Waals surface area contributed by atoms with E-state index >= 15 is 0 Å². The van der Waals surface area contributed by atoms with Crippen LogP contribution in [-0.4, -0.2) is 37.0 Å². The molecule has 0 unspecified atom stereocenters. The molecule has 0 aliphatic heterocycles. The third-order valence-electron chi connectivity index (χ3n) is 5.98. The predicted octanol–water partition coefficient (Wildman–Crippen LogP) is 3.84. The molecule has 1 amide bonds. The van der Waals surface area contributed by atoms with Gasteiger partial charge in [-0.15, -0.1) is 0 Å². The van der Waals surface area contributed by atoms with Gasteiger partial charge in [0.05, 0.1) is 22.3 Å². The molecule has 7 nitrogen and oxygen atoms in total. The Morgan fingerprint density at radius 2 is 1.94 bits per heavy atom. The van der Waals surface area contributed by atoms with Crippen LogP contribution >= 0.6 is 11.8 Å². The highest BCUT2D eigenvalue weighted by Crippen LogP contribution is 2.20. The van der Waals surface area contributed by atoms with Gasteiger partial charge in [0.2, 0.25) is 5.91 Å². The zero-order valence-corrected chi connectivity index (χ0v) is 19.7. The second kappa shape index (κ2) is 10.3. The van der Waals surface area contributed by atoms with Crippen molar-refractivity contribution in [3.05, 3.63) is 52.1 Å². The Bertz CT molecular complexity index is 1150. The molecule has 1 aliphatic carbocycles. The summed E-state index contributed by atoms with van der Waals surface area (Å²) in [5.41, 5.74) is 2.72. The van der Waals surface area contributed by atoms with Crippen LogP contribution in [-0.2, 0) is 17.9 Å². The van der Waals surface area contributed by atoms with Crippen LogP contribution in [0.2, 0.25) is 0 Å². The number of aryl methyl sites for hydroxylation is 3. The summed E-state index contributed by atoms with van der Waals surface area (Å²) in [5.74, 6) is 0.275. The highest BCUT2D eigenvalue weighted by molar-refractivity contribution is 7.99. The largest absolute Gasteiger partial charge is 0.353 e. The maximum absolute atomic E-state index is 13.2. The Morgan fingerprint density at radius 3 is 2.69 bits per heavy atom. The zero-order chi connectivity index (χ0) is 22.5. The molecule has 1 N–H and O–H groups in total. The van der Waals surface area contributed by atoms with E-state index < -0.39 is 0 Å². The highest BCUT2D eigenvalue weighted by Gasteiger charge is 2.17. The molecular weight excluding hydrogens is 422 g/mol. The third-order valence-corrected chi connectivity index (χ3v) is 6.96. The summed E-state index contributed by atoms with van der Waals surface area (Å²) in [5, 5.41) is 8.86. The first kappa shape index (κ1) is 22.6. The number of rotatable bonds is 8. The molecule has 32 heavy (non-hydrogen) atoms. The van der Waals surface area contributed by atoms with Crippen LogP contribution in [0, 0.1) is 13.8 Å². The summed E-state index contributed by atoms with van der Waals surface area (Å²) in [6.45, 7) is 5.27. The predicted molar refractivity (Wildman–Crippen MR) is 128 cm³/mol. The van der Waals surface area contributed by atoms with E-state index in [-0.39, 0.29) is 23.3 Å². The number of nitrogens with one attached hydrogen (secondary N) is 1. The van der Waals surface area contributed by atoms with E-state index in [2.05, 4.69) is 16.5 Å². The van der Waals surface area contributed by atoms with Gasteiger partial charge in [0.15, 0.2) is 5.16 Å². The lowest BCUT2D eigenvalue weighted by Gasteiger charge is -2.22. The van der Waals surface area contributed by atoms with Crippen molar-refractivity contribution in [3.63, 3.8) is 0 Å². The molecule has 8 heteroatoms. The molecule has 0 bridgehead atoms. The number of carbonyl (C=O) groups is 1. The summed E-state index contributed by atoms with van der Waals surface area (Å²) >= 11 is 1.34. The summed E-state index contributed by atoms with van der Waals surface area (Å²) in [6.07, 6.45) is 6.48. The van der Waals surface area contributed by atoms with Gasteiger partial charge < -0.3 is 5.32 Å². The van der Waals surface area contributed by atoms with Crippen LogP contribution in [0.1, 0.15) is 49.9 Å². The van der Waals surface area contributed by atoms with Crippen molar-refractivity contribution in [2.75, 3.05) is 5.75 Å². The molecule has 0 spiro atoms. The summed E-state index contributed by atoms with van der Waals surface area (Å²) in [6, 6.07) is 9.73. The monoisotopic (exact) mass is 453 g/mol. The standard InChI is InChI=1S/C24H31N5O2S/c1-17-15-18(2)29(27-17)14-8-13-28-23(31)20-11-6-7-12-21(20)26-24(28)32-16-22(30)25-19-9-4-3-5-10-19/h6-7,11-12,15,19H,3-5,8-10,13-14,16H2,1-2H3,(H,25,30). The van der Waals surface area contributed by atoms with Gasteiger partial charge >= 0.3 is 0 Å². The van der Waals surface area contributed by atoms with Gasteiger partial charge in [0.25, 0.3) is 5.56 Å². The molecular formula is C24H31N5O2S. The van der Waals surface area contributed by atoms with E-state index in [0.29, 0.717) is 22.6 Å². The van der Waals surface area contributed by atoms with Crippen LogP contribution in [0.5, 0.6) is 0 Å². The molecule has 0 saturated heterocycles. The van der Waals surface area contributed by atoms with Gasteiger partial charge in [0, 0.05) is 24.8 Å². The molecule has 3 aromatic rings. The minimum Gasteiger partial charge on any atom is -0.353 e. The van der Waals surface area contributed by atoms with Crippen LogP contribution in [0.15, 0.2) is 40.3 Å². The Hall–Kier alpha value is -2.61. The van der Waals surface area contributed by atoms with Gasteiger partial charge in [-0.2, -0.15) is 5.10 Å². The number of para-hydroxylation sites is 1. The molecule has 0 radical (unpaired) electrons. The second-order valence-electron chi connectivity index (χ2n) is 8.56. The fourth-order valence-electron chi connectivity index (χ4n) is 4.38. The van der Waals surface area contributed by atoms with Crippen molar-refractivity contribution in [1.82, 2.24) is 24.6 Å². The molecule has 1 aromatic carbocycles. The third kappa shape index (κ3) is 5.41. The first-order valence-corrected chi connectivity index (χ1v) is 12.4. The van der Waals surface area contributed by atoms with E-state index in [0.717, 1.165) is 37.2 Å². The smallest absolute Gasteiger partial charge is 0.262 e. The molecule has 4 rings (SSSR count). The zero-order valence-electron chi connectivity index (χ0n) is 18.8. The van der Waals surface area contributed by atoms with Gasteiger partial charge in [-0.25, -0.2) is 4.98 Å². The fraction of sp³-hybridized carbons (Fsp3) is 0.500. The second-order valence-corrected chi connectivity index (χ2v) is 9.51. The number of aromatic nitrogens is 4. The van der Waals surface area contributed by atoms with E-state index in [4.69, 9.17) is 4.98 Å². The molecule has 2 aromatic heterocycles. The molecule has 1 saturated carbocycles. The van der Waals surface area contributed by atoms with Gasteiger partial charge in [-0.1, -0.05) is 43.2 Å². The van der Waals surface area contributed by atoms with Crippen molar-refractivity contribution >= 4 is 28.6 Å². The van der Waals surface area contributed by atoms with E-state index in [1.165, 1.54) is 31.0 Å². The van der Waals surface area contributed by atoms with Crippen molar-refractivity contribution in [2.45, 2.75) is 76.7 Å². The summed E-state index contributed by atoms with van der Waals surface area (Å²) in [7, 11) is 0. The van der Waals surface area contributed by atoms with Gasteiger partial charge in [0.1, 0.15) is 0 Å². The van der Waals surface area contributed by atoms with E-state index in [1.807, 2.05) is 42.8 Å². The molecule has 2 heterocycles. The lowest BCUT2D eigenvalue weighted by molar-refractivity contribution is -0.119. The number of hydrogen-bond donors (Lipinski definition) is 1. The number of fused-ring (bicyclic) bond motifs is 1. The molecule has 1 aliphatic rings. The first-order valence-electron chi connectivity index (χ1n) is 11.4. The fourth-order valence-corrected chi connectivity index (χ4v) is 5.22. The number of amides is 1. The number of benzene rings is 1. The van der Waals surface area contributed by atoms with Crippen molar-refractivity contribution < 1.29 is 4.79 Å². The lowest BCUT2D eigenvalue weighted by Crippen LogP contribution is -2.37. The molecule has 170 valence electrons. The number of carbonyl (C=O) groups excluding carboxylic acids is 1. The normalized spacial score (nSPS) is 14.7. The Kier molecular flexibility index (Phi) is 7.29. The average Bonchev–Trinajstić information content (AvgIpc) is 3.11. The lowest BCUT2D eigenvalue weighted by atomic mass is 9.95. The minimum absolute atomic E-state index is 0.0125. The first-order chi connectivity index (χ1) is 15.5. The van der Waals surface area contributed by atoms with Gasteiger partial charge in [-0.3, -0.25) is 18.8 Å². The molecule has 1 fully saturated rings. The number of hydrogen-bond acceptors (Lipinski definition) is 5. The SMILES string of the molecule is Cc1cc(C)n(CCCn2c(SCC(=O)NC3CCCCC3)nc3ccccc3c2=O)n1. The number of thioether (sulfide) groups is 1. The number of nitrogens with zero attached hydrogens (tertiary/aromatic N) is 4. The Labute approximate surface area is 192 Å². The van der Waals surface area contributed by atoms with Crippen LogP contribution in [0.4, 0.5) is 0 Å². The maximum atomic E-state index is 13.2. The van der Waals surface area contributed by atoms with Crippen molar-refractivity contribution in [2.24, 2.45) is 0 Å². The van der Waals surface area contributed by atoms with E-state index in [9.17, 15) is 9.59 Å². The topological polar surface area (TPSA) is 81.8 Å². The quantitative estimate of drug-likeness (QED) is 0.414. The summed E-state index contributed by atoms with van der Waals surface area (Å²) < 4.78 is 3.69. The van der Waals surface area contributed by atoms with Gasteiger partial charge in [-0.05, 0) is 51.3 Å². The Morgan fingerprint density at radius 1 is 1.16 bits per heavy atom. The van der Waals surface area contributed by atoms with Crippen molar-refractivity contribution in [3.8, 4) is 0 Å². The maximum Gasteiger partial charge on any atom is 0.262 e. The summed E-state index contributed by atoms with van der Waals surface area (Å²) in [4.78, 5) is 30.5. The van der Waals surface area contributed by atoms with Crippen LogP contribution in [0.25, 0.3) is 10.9 Å². The minimum atomic E-state index is -0.0563. The van der Waals surface area contributed by atoms with Crippen LogP contribution < -0.4 is 10.9 Å². The van der Waals surface area contributed by atoms with Crippen LogP contribution in [0.3, 0.4) is 0 Å². The molecule has 0 atom stereocenters. The Balaban J connectivity index is 1.48. The van der Waals surface area contributed by atoms with E-state index in [1.54, 1.807) is 4.57 Å². The highest BCUT2D eigenvalue weighted by atomic mass is 32.2. The average molecular weight is 454 g/mol.